The molecule has 0 aliphatic carbocycles. The highest BCUT2D eigenvalue weighted by atomic mass is 79.9. The summed E-state index contributed by atoms with van der Waals surface area (Å²) < 4.78 is 2.36. The fourth-order valence-electron chi connectivity index (χ4n) is 2.86. The second-order valence-electron chi connectivity index (χ2n) is 6.17. The minimum atomic E-state index is 0. The van der Waals surface area contributed by atoms with Crippen LogP contribution in [0.1, 0.15) is 83.4 Å². The van der Waals surface area contributed by atoms with E-state index in [1.807, 2.05) is 6.20 Å². The van der Waals surface area contributed by atoms with E-state index in [1.54, 1.807) is 0 Å². The Labute approximate surface area is 147 Å². The van der Waals surface area contributed by atoms with Crippen molar-refractivity contribution in [3.8, 4) is 0 Å². The number of rotatable bonds is 14. The number of aryl methyl sites for hydroxylation is 2. The van der Waals surface area contributed by atoms with Gasteiger partial charge < -0.3 is 22.7 Å². The van der Waals surface area contributed by atoms with Crippen LogP contribution in [0.25, 0.3) is 0 Å². The number of hydrogen-bond donors (Lipinski definition) is 2. The summed E-state index contributed by atoms with van der Waals surface area (Å²) in [6, 6.07) is 0. The van der Waals surface area contributed by atoms with Crippen molar-refractivity contribution >= 4 is 0 Å². The van der Waals surface area contributed by atoms with Gasteiger partial charge in [-0.15, -0.1) is 0 Å². The predicted molar refractivity (Wildman–Crippen MR) is 90.2 cm³/mol. The summed E-state index contributed by atoms with van der Waals surface area (Å²) in [4.78, 5) is 3.33. The van der Waals surface area contributed by atoms with Crippen molar-refractivity contribution in [3.63, 3.8) is 0 Å². The molecule has 0 saturated heterocycles. The Balaban J connectivity index is 0.00000441. The molecule has 0 aromatic carbocycles. The molecule has 0 fully saturated rings. The molecule has 0 spiro atoms. The molecule has 130 valence electrons. The molecule has 0 amide bonds. The first-order valence-corrected chi connectivity index (χ1v) is 9.14. The van der Waals surface area contributed by atoms with Gasteiger partial charge in [0.05, 0.1) is 13.0 Å². The van der Waals surface area contributed by atoms with Crippen LogP contribution in [0, 0.1) is 0 Å². The monoisotopic (exact) mass is 373 g/mol. The summed E-state index contributed by atoms with van der Waals surface area (Å²) in [5, 5.41) is 0. The second-order valence-corrected chi connectivity index (χ2v) is 6.17. The Kier molecular flexibility index (Phi) is 15.3. The SMILES string of the molecule is CCCCCCCCCCCC[n+]1cc[nH]c1CCCN.[Br-]. The zero-order valence-corrected chi connectivity index (χ0v) is 16.0. The number of nitrogens with two attached hydrogens (primary N) is 1. The molecule has 22 heavy (non-hydrogen) atoms. The van der Waals surface area contributed by atoms with E-state index in [4.69, 9.17) is 5.73 Å². The molecule has 0 bridgehead atoms. The van der Waals surface area contributed by atoms with Crippen LogP contribution in [0.5, 0.6) is 0 Å². The maximum absolute atomic E-state index is 5.58. The molecule has 0 saturated carbocycles. The maximum Gasteiger partial charge on any atom is 0.254 e. The Morgan fingerprint density at radius 1 is 0.909 bits per heavy atom. The first-order valence-electron chi connectivity index (χ1n) is 9.14. The van der Waals surface area contributed by atoms with Crippen LogP contribution >= 0.6 is 0 Å². The number of nitrogens with zero attached hydrogens (tertiary/aromatic N) is 1. The molecule has 1 rings (SSSR count). The number of aromatic nitrogens is 2. The lowest BCUT2D eigenvalue weighted by atomic mass is 10.1. The normalized spacial score (nSPS) is 10.6. The van der Waals surface area contributed by atoms with E-state index >= 15 is 0 Å². The lowest BCUT2D eigenvalue weighted by Gasteiger charge is -2.03. The van der Waals surface area contributed by atoms with E-state index in [2.05, 4.69) is 22.7 Å². The number of hydrogen-bond acceptors (Lipinski definition) is 1. The van der Waals surface area contributed by atoms with Crippen molar-refractivity contribution in [1.82, 2.24) is 4.98 Å². The molecule has 4 heteroatoms. The maximum atomic E-state index is 5.58. The van der Waals surface area contributed by atoms with Crippen molar-refractivity contribution < 1.29 is 21.5 Å². The molecule has 0 radical (unpaired) electrons. The van der Waals surface area contributed by atoms with Crippen LogP contribution in [0.2, 0.25) is 0 Å². The minimum absolute atomic E-state index is 0. The van der Waals surface area contributed by atoms with E-state index in [0.717, 1.165) is 25.9 Å². The van der Waals surface area contributed by atoms with Gasteiger partial charge in [-0.3, -0.25) is 0 Å². The lowest BCUT2D eigenvalue weighted by Crippen LogP contribution is -3.00. The summed E-state index contributed by atoms with van der Waals surface area (Å²) in [5.41, 5.74) is 5.58. The summed E-state index contributed by atoms with van der Waals surface area (Å²) >= 11 is 0. The molecule has 3 N–H and O–H groups in total. The highest BCUT2D eigenvalue weighted by Crippen LogP contribution is 2.10. The van der Waals surface area contributed by atoms with Gasteiger partial charge in [0.15, 0.2) is 0 Å². The molecule has 0 unspecified atom stereocenters. The standard InChI is InChI=1S/C18H35N3.BrH/c1-2-3-4-5-6-7-8-9-10-11-16-21-17-15-20-18(21)13-12-14-19;/h15,17H,2-14,16,19H2,1H3;1H. The summed E-state index contributed by atoms with van der Waals surface area (Å²) in [6.45, 7) is 4.21. The van der Waals surface area contributed by atoms with Gasteiger partial charge in [-0.1, -0.05) is 58.3 Å². The number of halogens is 1. The average Bonchev–Trinajstić information content (AvgIpc) is 2.94. The summed E-state index contributed by atoms with van der Waals surface area (Å²) in [6.07, 6.45) is 20.4. The van der Waals surface area contributed by atoms with Gasteiger partial charge >= 0.3 is 0 Å². The van der Waals surface area contributed by atoms with Gasteiger partial charge in [-0.2, -0.15) is 0 Å². The largest absolute Gasteiger partial charge is 1.00 e. The predicted octanol–water partition coefficient (Wildman–Crippen LogP) is 1.12. The Bertz CT molecular complexity index is 339. The first kappa shape index (κ1) is 21.6. The van der Waals surface area contributed by atoms with Crippen LogP contribution in [0.4, 0.5) is 0 Å². The fourth-order valence-corrected chi connectivity index (χ4v) is 2.86. The quantitative estimate of drug-likeness (QED) is 0.372. The van der Waals surface area contributed by atoms with Crippen molar-refractivity contribution in [3.05, 3.63) is 18.2 Å². The molecular weight excluding hydrogens is 338 g/mol. The Morgan fingerprint density at radius 2 is 1.50 bits per heavy atom. The van der Waals surface area contributed by atoms with E-state index < -0.39 is 0 Å². The molecule has 1 aromatic rings. The van der Waals surface area contributed by atoms with Crippen molar-refractivity contribution in [2.45, 2.75) is 90.5 Å². The van der Waals surface area contributed by atoms with Crippen LogP contribution in [-0.2, 0) is 13.0 Å². The van der Waals surface area contributed by atoms with Crippen LogP contribution < -0.4 is 27.3 Å². The molecule has 1 aromatic heterocycles. The lowest BCUT2D eigenvalue weighted by molar-refractivity contribution is -0.703. The third kappa shape index (κ3) is 10.4. The van der Waals surface area contributed by atoms with E-state index in [1.165, 1.54) is 70.0 Å². The number of unbranched alkanes of at least 4 members (excludes halogenated alkanes) is 9. The van der Waals surface area contributed by atoms with Gasteiger partial charge in [0.2, 0.25) is 0 Å². The number of imidazole rings is 1. The number of nitrogens with one attached hydrogen (secondary N) is 1. The van der Waals surface area contributed by atoms with Crippen molar-refractivity contribution in [1.29, 1.82) is 0 Å². The summed E-state index contributed by atoms with van der Waals surface area (Å²) in [5.74, 6) is 1.33. The number of aromatic amines is 1. The molecule has 1 heterocycles. The molecule has 3 nitrogen and oxygen atoms in total. The van der Waals surface area contributed by atoms with Gasteiger partial charge in [-0.05, 0) is 25.8 Å². The molecule has 0 aliphatic heterocycles. The average molecular weight is 374 g/mol. The van der Waals surface area contributed by atoms with Crippen LogP contribution in [-0.4, -0.2) is 11.5 Å². The highest BCUT2D eigenvalue weighted by Gasteiger charge is 2.08. The molecular formula is C18H36BrN3. The van der Waals surface area contributed by atoms with Crippen molar-refractivity contribution in [2.75, 3.05) is 6.54 Å². The van der Waals surface area contributed by atoms with Crippen LogP contribution in [0.3, 0.4) is 0 Å². The summed E-state index contributed by atoms with van der Waals surface area (Å²) in [7, 11) is 0. The third-order valence-corrected chi connectivity index (χ3v) is 4.22. The smallest absolute Gasteiger partial charge is 0.254 e. The Hall–Kier alpha value is -0.350. The second kappa shape index (κ2) is 15.5. The minimum Gasteiger partial charge on any atom is -1.00 e. The zero-order chi connectivity index (χ0) is 15.2. The zero-order valence-electron chi connectivity index (χ0n) is 14.5. The topological polar surface area (TPSA) is 45.7 Å². The first-order chi connectivity index (χ1) is 10.4. The Morgan fingerprint density at radius 3 is 2.09 bits per heavy atom. The number of H-pyrrole nitrogens is 1. The third-order valence-electron chi connectivity index (χ3n) is 4.22. The van der Waals surface area contributed by atoms with Crippen molar-refractivity contribution in [2.24, 2.45) is 5.73 Å². The highest BCUT2D eigenvalue weighted by molar-refractivity contribution is 4.77. The van der Waals surface area contributed by atoms with Gasteiger partial charge in [0, 0.05) is 0 Å². The fraction of sp³-hybridized carbons (Fsp3) is 0.833. The van der Waals surface area contributed by atoms with E-state index in [9.17, 15) is 0 Å². The van der Waals surface area contributed by atoms with Gasteiger partial charge in [0.1, 0.15) is 12.4 Å². The van der Waals surface area contributed by atoms with E-state index in [-0.39, 0.29) is 17.0 Å². The van der Waals surface area contributed by atoms with Gasteiger partial charge in [-0.25, -0.2) is 9.55 Å². The molecule has 0 aliphatic rings. The van der Waals surface area contributed by atoms with E-state index in [0.29, 0.717) is 0 Å². The van der Waals surface area contributed by atoms with Crippen LogP contribution in [0.15, 0.2) is 12.4 Å². The van der Waals surface area contributed by atoms with Gasteiger partial charge in [0.25, 0.3) is 5.82 Å². The molecule has 0 atom stereocenters.